The van der Waals surface area contributed by atoms with E-state index in [1.807, 2.05) is 38.1 Å². The SMILES string of the molecule is CC(C)n1c(=O)c(C(=O)NC2CC3CCC(C2)N3C[C@H](O)CN2CCN(S(C)(=O)=O)CC2)cc2ccccc21. The Bertz CT molecular complexity index is 1350. The molecule has 1 aromatic carbocycles. The van der Waals surface area contributed by atoms with Gasteiger partial charge in [-0.2, -0.15) is 4.31 Å². The van der Waals surface area contributed by atoms with Gasteiger partial charge in [0.2, 0.25) is 10.0 Å². The van der Waals surface area contributed by atoms with Crippen molar-refractivity contribution in [2.75, 3.05) is 45.5 Å². The number of piperazine rings is 1. The van der Waals surface area contributed by atoms with E-state index >= 15 is 0 Å². The third-order valence-corrected chi connectivity index (χ3v) is 9.92. The van der Waals surface area contributed by atoms with E-state index in [1.54, 1.807) is 10.6 Å². The van der Waals surface area contributed by atoms with Crippen molar-refractivity contribution < 1.29 is 18.3 Å². The van der Waals surface area contributed by atoms with Crippen molar-refractivity contribution in [3.05, 3.63) is 46.2 Å². The second-order valence-corrected chi connectivity index (χ2v) is 13.7. The lowest BCUT2D eigenvalue weighted by molar-refractivity contribution is 0.0276. The number of pyridine rings is 1. The van der Waals surface area contributed by atoms with Crippen molar-refractivity contribution in [1.82, 2.24) is 24.0 Å². The van der Waals surface area contributed by atoms with Crippen LogP contribution in [0.25, 0.3) is 10.9 Å². The number of aliphatic hydroxyl groups is 1. The summed E-state index contributed by atoms with van der Waals surface area (Å²) in [7, 11) is -3.17. The van der Waals surface area contributed by atoms with Gasteiger partial charge >= 0.3 is 0 Å². The van der Waals surface area contributed by atoms with Crippen molar-refractivity contribution in [3.8, 4) is 0 Å². The monoisotopic (exact) mass is 559 g/mol. The van der Waals surface area contributed by atoms with Gasteiger partial charge in [-0.05, 0) is 57.0 Å². The fraction of sp³-hybridized carbons (Fsp3) is 0.643. The number of hydrogen-bond donors (Lipinski definition) is 2. The lowest BCUT2D eigenvalue weighted by Gasteiger charge is -2.41. The average Bonchev–Trinajstić information content (AvgIpc) is 3.10. The minimum absolute atomic E-state index is 0.00849. The predicted octanol–water partition coefficient (Wildman–Crippen LogP) is 1.25. The maximum Gasteiger partial charge on any atom is 0.264 e. The van der Waals surface area contributed by atoms with E-state index in [1.165, 1.54) is 10.6 Å². The highest BCUT2D eigenvalue weighted by Gasteiger charge is 2.42. The molecule has 3 aliphatic heterocycles. The molecule has 2 bridgehead atoms. The van der Waals surface area contributed by atoms with E-state index in [2.05, 4.69) is 15.1 Å². The smallest absolute Gasteiger partial charge is 0.264 e. The first-order valence-electron chi connectivity index (χ1n) is 14.1. The summed E-state index contributed by atoms with van der Waals surface area (Å²) in [4.78, 5) is 31.1. The molecule has 3 atom stereocenters. The molecule has 1 amide bonds. The Morgan fingerprint density at radius 3 is 2.31 bits per heavy atom. The van der Waals surface area contributed by atoms with Crippen molar-refractivity contribution in [3.63, 3.8) is 0 Å². The molecule has 2 aromatic rings. The second-order valence-electron chi connectivity index (χ2n) is 11.7. The van der Waals surface area contributed by atoms with Gasteiger partial charge in [0.15, 0.2) is 0 Å². The standard InChI is InChI=1S/C28H41N5O5S/c1-19(2)33-26-7-5-4-6-20(26)14-25(28(33)36)27(35)29-21-15-22-8-9-23(16-21)32(22)18-24(34)17-30-10-12-31(13-11-30)39(3,37)38/h4-7,14,19,21-24,34H,8-13,15-18H2,1-3H3,(H,29,35)/t21?,22?,23?,24-/m1/s1. The van der Waals surface area contributed by atoms with Crippen LogP contribution in [0.3, 0.4) is 0 Å². The van der Waals surface area contributed by atoms with Gasteiger partial charge in [0.1, 0.15) is 5.56 Å². The van der Waals surface area contributed by atoms with Gasteiger partial charge < -0.3 is 15.0 Å². The zero-order chi connectivity index (χ0) is 27.9. The van der Waals surface area contributed by atoms with Crippen LogP contribution in [0.15, 0.2) is 35.1 Å². The van der Waals surface area contributed by atoms with Crippen LogP contribution in [0.2, 0.25) is 0 Å². The maximum atomic E-state index is 13.3. The number of β-amino-alcohol motifs (C(OH)–C–C–N with tert-alkyl or cyclic N) is 1. The molecular weight excluding hydrogens is 518 g/mol. The molecule has 214 valence electrons. The molecule has 1 aromatic heterocycles. The fourth-order valence-corrected chi connectivity index (χ4v) is 7.58. The molecule has 3 saturated heterocycles. The summed E-state index contributed by atoms with van der Waals surface area (Å²) in [5.74, 6) is -0.314. The van der Waals surface area contributed by atoms with Crippen LogP contribution in [0.5, 0.6) is 0 Å². The van der Waals surface area contributed by atoms with Crippen molar-refractivity contribution in [1.29, 1.82) is 0 Å². The fourth-order valence-electron chi connectivity index (χ4n) is 6.76. The van der Waals surface area contributed by atoms with Crippen LogP contribution in [0.4, 0.5) is 0 Å². The van der Waals surface area contributed by atoms with Gasteiger partial charge in [0.25, 0.3) is 11.5 Å². The number of hydrogen-bond acceptors (Lipinski definition) is 7. The summed E-state index contributed by atoms with van der Waals surface area (Å²) in [6.07, 6.45) is 4.39. The lowest BCUT2D eigenvalue weighted by atomic mass is 9.96. The maximum absolute atomic E-state index is 13.3. The van der Waals surface area contributed by atoms with Crippen LogP contribution in [0, 0.1) is 0 Å². The number of amides is 1. The minimum atomic E-state index is -3.17. The lowest BCUT2D eigenvalue weighted by Crippen LogP contribution is -2.55. The highest BCUT2D eigenvalue weighted by Crippen LogP contribution is 2.36. The predicted molar refractivity (Wildman–Crippen MR) is 151 cm³/mol. The van der Waals surface area contributed by atoms with Crippen LogP contribution >= 0.6 is 0 Å². The molecule has 2 N–H and O–H groups in total. The number of para-hydroxylation sites is 1. The molecule has 5 rings (SSSR count). The van der Waals surface area contributed by atoms with Gasteiger partial charge in [0, 0.05) is 63.4 Å². The number of fused-ring (bicyclic) bond motifs is 3. The Kier molecular flexibility index (Phi) is 8.17. The molecule has 10 nitrogen and oxygen atoms in total. The van der Waals surface area contributed by atoms with Crippen LogP contribution in [-0.2, 0) is 10.0 Å². The van der Waals surface area contributed by atoms with E-state index in [4.69, 9.17) is 0 Å². The zero-order valence-electron chi connectivity index (χ0n) is 23.1. The van der Waals surface area contributed by atoms with E-state index in [-0.39, 0.29) is 41.2 Å². The normalized spacial score (nSPS) is 25.8. The molecule has 0 saturated carbocycles. The number of nitrogens with one attached hydrogen (secondary N) is 1. The molecule has 3 fully saturated rings. The van der Waals surface area contributed by atoms with Crippen molar-refractivity contribution in [2.24, 2.45) is 0 Å². The van der Waals surface area contributed by atoms with Gasteiger partial charge in [0.05, 0.1) is 17.9 Å². The van der Waals surface area contributed by atoms with E-state index < -0.39 is 16.1 Å². The number of benzene rings is 1. The van der Waals surface area contributed by atoms with Crippen LogP contribution in [-0.4, -0.2) is 108 Å². The Balaban J connectivity index is 1.18. The molecule has 0 radical (unpaired) electrons. The Morgan fingerprint density at radius 2 is 1.69 bits per heavy atom. The number of carbonyl (C=O) groups excluding carboxylic acids is 1. The topological polar surface area (TPSA) is 115 Å². The summed E-state index contributed by atoms with van der Waals surface area (Å²) < 4.78 is 26.7. The van der Waals surface area contributed by atoms with Gasteiger partial charge in [-0.3, -0.25) is 19.4 Å². The number of carbonyl (C=O) groups is 1. The first kappa shape index (κ1) is 28.2. The molecule has 0 spiro atoms. The Morgan fingerprint density at radius 1 is 1.05 bits per heavy atom. The molecular formula is C28H41N5O5S. The average molecular weight is 560 g/mol. The largest absolute Gasteiger partial charge is 0.390 e. The van der Waals surface area contributed by atoms with Gasteiger partial charge in [-0.15, -0.1) is 0 Å². The highest BCUT2D eigenvalue weighted by atomic mass is 32.2. The minimum Gasteiger partial charge on any atom is -0.390 e. The molecule has 4 heterocycles. The number of rotatable bonds is 8. The number of aliphatic hydroxyl groups excluding tert-OH is 1. The zero-order valence-corrected chi connectivity index (χ0v) is 23.9. The number of piperidine rings is 1. The summed E-state index contributed by atoms with van der Waals surface area (Å²) in [5.41, 5.74) is 0.752. The molecule has 11 heteroatoms. The highest BCUT2D eigenvalue weighted by molar-refractivity contribution is 7.88. The van der Waals surface area contributed by atoms with Crippen molar-refractivity contribution >= 4 is 26.8 Å². The number of sulfonamides is 1. The molecule has 2 unspecified atom stereocenters. The Hall–Kier alpha value is -2.31. The third kappa shape index (κ3) is 6.07. The first-order chi connectivity index (χ1) is 18.5. The first-order valence-corrected chi connectivity index (χ1v) is 15.9. The van der Waals surface area contributed by atoms with E-state index in [0.29, 0.717) is 39.3 Å². The summed E-state index contributed by atoms with van der Waals surface area (Å²) in [6.45, 7) is 7.17. The van der Waals surface area contributed by atoms with E-state index in [0.717, 1.165) is 36.6 Å². The molecule has 0 aliphatic carbocycles. The molecule has 3 aliphatic rings. The third-order valence-electron chi connectivity index (χ3n) is 8.62. The van der Waals surface area contributed by atoms with Gasteiger partial charge in [-0.1, -0.05) is 18.2 Å². The van der Waals surface area contributed by atoms with Gasteiger partial charge in [-0.25, -0.2) is 8.42 Å². The number of aromatic nitrogens is 1. The Labute approximate surface area is 230 Å². The van der Waals surface area contributed by atoms with Crippen LogP contribution in [0.1, 0.15) is 55.9 Å². The summed E-state index contributed by atoms with van der Waals surface area (Å²) in [5, 5.41) is 14.9. The van der Waals surface area contributed by atoms with E-state index in [9.17, 15) is 23.1 Å². The summed E-state index contributed by atoms with van der Waals surface area (Å²) in [6, 6.07) is 9.87. The van der Waals surface area contributed by atoms with Crippen molar-refractivity contribution in [2.45, 2.75) is 69.8 Å². The number of nitrogens with zero attached hydrogens (tertiary/aromatic N) is 4. The second kappa shape index (κ2) is 11.3. The summed E-state index contributed by atoms with van der Waals surface area (Å²) >= 11 is 0. The van der Waals surface area contributed by atoms with Crippen LogP contribution < -0.4 is 10.9 Å². The quantitative estimate of drug-likeness (QED) is 0.500. The molecule has 39 heavy (non-hydrogen) atoms.